The van der Waals surface area contributed by atoms with Crippen LogP contribution in [0.1, 0.15) is 5.56 Å². The molecule has 0 atom stereocenters. The number of imidazole rings is 1. The van der Waals surface area contributed by atoms with Crippen molar-refractivity contribution in [1.82, 2.24) is 14.5 Å². The molecule has 0 N–H and O–H groups in total. The van der Waals surface area contributed by atoms with E-state index in [1.807, 2.05) is 0 Å². The second-order valence-corrected chi connectivity index (χ2v) is 3.99. The number of hydrogen-bond acceptors (Lipinski definition) is 2. The molecule has 19 heavy (non-hydrogen) atoms. The van der Waals surface area contributed by atoms with Gasteiger partial charge in [-0.3, -0.25) is 9.55 Å². The molecule has 0 saturated carbocycles. The van der Waals surface area contributed by atoms with Gasteiger partial charge in [0, 0.05) is 6.20 Å². The van der Waals surface area contributed by atoms with Crippen molar-refractivity contribution in [3.05, 3.63) is 54.6 Å². The highest BCUT2D eigenvalue weighted by Gasteiger charge is 2.34. The second-order valence-electron chi connectivity index (χ2n) is 3.99. The molecule has 2 heterocycles. The summed E-state index contributed by atoms with van der Waals surface area (Å²) in [6, 6.07) is 7.97. The molecule has 0 radical (unpaired) electrons. The average molecular weight is 263 g/mol. The topological polar surface area (TPSA) is 30.7 Å². The van der Waals surface area contributed by atoms with Crippen molar-refractivity contribution in [1.29, 1.82) is 0 Å². The number of alkyl halides is 3. The van der Waals surface area contributed by atoms with E-state index in [9.17, 15) is 13.2 Å². The Bertz CT molecular complexity index is 731. The van der Waals surface area contributed by atoms with Crippen LogP contribution in [0.3, 0.4) is 0 Å². The van der Waals surface area contributed by atoms with Crippen molar-refractivity contribution in [2.45, 2.75) is 6.18 Å². The molecular weight excluding hydrogens is 255 g/mol. The normalized spacial score (nSPS) is 11.9. The zero-order valence-corrected chi connectivity index (χ0v) is 9.59. The fourth-order valence-corrected chi connectivity index (χ4v) is 1.97. The number of rotatable bonds is 1. The molecule has 0 saturated heterocycles. The van der Waals surface area contributed by atoms with Gasteiger partial charge in [-0.15, -0.1) is 0 Å². The molecule has 0 amide bonds. The average Bonchev–Trinajstić information content (AvgIpc) is 2.81. The number of benzene rings is 1. The van der Waals surface area contributed by atoms with E-state index in [0.29, 0.717) is 11.0 Å². The number of nitrogens with zero attached hydrogens (tertiary/aromatic N) is 3. The lowest BCUT2D eigenvalue weighted by Gasteiger charge is -2.13. The van der Waals surface area contributed by atoms with Crippen LogP contribution in [0.25, 0.3) is 16.7 Å². The lowest BCUT2D eigenvalue weighted by atomic mass is 10.2. The van der Waals surface area contributed by atoms with Crippen LogP contribution in [0.4, 0.5) is 13.2 Å². The fourth-order valence-electron chi connectivity index (χ4n) is 1.97. The number of pyridine rings is 1. The Labute approximate surface area is 106 Å². The number of aromatic nitrogens is 3. The Morgan fingerprint density at radius 1 is 1.05 bits per heavy atom. The van der Waals surface area contributed by atoms with Crippen molar-refractivity contribution >= 4 is 11.0 Å². The van der Waals surface area contributed by atoms with Crippen LogP contribution in [-0.2, 0) is 6.18 Å². The number of fused-ring (bicyclic) bond motifs is 1. The van der Waals surface area contributed by atoms with Crippen LogP contribution >= 0.6 is 0 Å². The molecular formula is C13H8F3N3. The van der Waals surface area contributed by atoms with E-state index in [-0.39, 0.29) is 5.69 Å². The van der Waals surface area contributed by atoms with Gasteiger partial charge in [-0.05, 0) is 18.2 Å². The van der Waals surface area contributed by atoms with Gasteiger partial charge in [-0.2, -0.15) is 13.2 Å². The summed E-state index contributed by atoms with van der Waals surface area (Å²) in [6.07, 6.45) is -0.733. The van der Waals surface area contributed by atoms with E-state index in [1.54, 1.807) is 24.3 Å². The van der Waals surface area contributed by atoms with Gasteiger partial charge in [-0.25, -0.2) is 4.98 Å². The van der Waals surface area contributed by atoms with Crippen molar-refractivity contribution in [2.75, 3.05) is 0 Å². The third kappa shape index (κ3) is 1.95. The molecule has 0 aliphatic carbocycles. The van der Waals surface area contributed by atoms with Gasteiger partial charge in [0.2, 0.25) is 0 Å². The van der Waals surface area contributed by atoms with Gasteiger partial charge >= 0.3 is 6.18 Å². The predicted octanol–water partition coefficient (Wildman–Crippen LogP) is 3.44. The van der Waals surface area contributed by atoms with Crippen LogP contribution < -0.4 is 0 Å². The van der Waals surface area contributed by atoms with Crippen LogP contribution in [0, 0.1) is 0 Å². The maximum Gasteiger partial charge on any atom is 0.418 e. The monoisotopic (exact) mass is 263 g/mol. The molecule has 0 spiro atoms. The minimum atomic E-state index is -4.43. The lowest BCUT2D eigenvalue weighted by molar-refractivity contribution is -0.137. The zero-order chi connectivity index (χ0) is 13.5. The smallest absolute Gasteiger partial charge is 0.297 e. The zero-order valence-electron chi connectivity index (χ0n) is 9.59. The first-order valence-corrected chi connectivity index (χ1v) is 5.51. The second kappa shape index (κ2) is 4.08. The van der Waals surface area contributed by atoms with E-state index >= 15 is 0 Å². The van der Waals surface area contributed by atoms with E-state index in [4.69, 9.17) is 0 Å². The molecule has 3 rings (SSSR count). The number of halogens is 3. The van der Waals surface area contributed by atoms with Crippen LogP contribution in [0.2, 0.25) is 0 Å². The minimum absolute atomic E-state index is 0.0244. The van der Waals surface area contributed by atoms with E-state index in [1.165, 1.54) is 17.1 Å². The summed E-state index contributed by atoms with van der Waals surface area (Å²) >= 11 is 0. The molecule has 3 aromatic rings. The maximum absolute atomic E-state index is 13.0. The minimum Gasteiger partial charge on any atom is -0.297 e. The summed E-state index contributed by atoms with van der Waals surface area (Å²) in [5.74, 6) is 0. The first kappa shape index (κ1) is 11.7. The van der Waals surface area contributed by atoms with Crippen LogP contribution in [0.5, 0.6) is 0 Å². The van der Waals surface area contributed by atoms with Gasteiger partial charge in [0.25, 0.3) is 0 Å². The van der Waals surface area contributed by atoms with Gasteiger partial charge in [-0.1, -0.05) is 12.1 Å². The largest absolute Gasteiger partial charge is 0.418 e. The number of para-hydroxylation sites is 2. The van der Waals surface area contributed by atoms with Gasteiger partial charge in [0.15, 0.2) is 0 Å². The van der Waals surface area contributed by atoms with E-state index in [2.05, 4.69) is 9.97 Å². The SMILES string of the molecule is FC(F)(F)c1ccncc1-n1cnc2ccccc21. The lowest BCUT2D eigenvalue weighted by Crippen LogP contribution is -2.10. The van der Waals surface area contributed by atoms with Crippen molar-refractivity contribution in [3.8, 4) is 5.69 Å². The Hall–Kier alpha value is -2.37. The molecule has 0 aliphatic heterocycles. The van der Waals surface area contributed by atoms with Crippen LogP contribution in [0.15, 0.2) is 49.1 Å². The van der Waals surface area contributed by atoms with E-state index < -0.39 is 11.7 Å². The summed E-state index contributed by atoms with van der Waals surface area (Å²) in [4.78, 5) is 7.86. The third-order valence-electron chi connectivity index (χ3n) is 2.82. The quantitative estimate of drug-likeness (QED) is 0.673. The van der Waals surface area contributed by atoms with Gasteiger partial charge in [0.05, 0.1) is 28.5 Å². The van der Waals surface area contributed by atoms with E-state index in [0.717, 1.165) is 12.3 Å². The highest BCUT2D eigenvalue weighted by Crippen LogP contribution is 2.34. The Morgan fingerprint density at radius 2 is 1.84 bits per heavy atom. The highest BCUT2D eigenvalue weighted by atomic mass is 19.4. The van der Waals surface area contributed by atoms with Crippen molar-refractivity contribution in [2.24, 2.45) is 0 Å². The first-order valence-electron chi connectivity index (χ1n) is 5.51. The Kier molecular flexibility index (Phi) is 2.51. The molecule has 6 heteroatoms. The number of hydrogen-bond donors (Lipinski definition) is 0. The molecule has 96 valence electrons. The molecule has 3 nitrogen and oxygen atoms in total. The molecule has 1 aromatic carbocycles. The molecule has 0 fully saturated rings. The summed E-state index contributed by atoms with van der Waals surface area (Å²) in [7, 11) is 0. The highest BCUT2D eigenvalue weighted by molar-refractivity contribution is 5.77. The Morgan fingerprint density at radius 3 is 2.63 bits per heavy atom. The van der Waals surface area contributed by atoms with Crippen molar-refractivity contribution < 1.29 is 13.2 Å². The first-order chi connectivity index (χ1) is 9.07. The summed E-state index contributed by atoms with van der Waals surface area (Å²) in [6.45, 7) is 0. The van der Waals surface area contributed by atoms with Gasteiger partial charge < -0.3 is 0 Å². The molecule has 0 aliphatic rings. The molecule has 0 unspecified atom stereocenters. The summed E-state index contributed by atoms with van der Waals surface area (Å²) in [5.41, 5.74) is 0.495. The van der Waals surface area contributed by atoms with Crippen LogP contribution in [-0.4, -0.2) is 14.5 Å². The standard InChI is InChI=1S/C13H8F3N3/c14-13(15,16)9-5-6-17-7-12(9)19-8-18-10-3-1-2-4-11(10)19/h1-8H. The molecule has 2 aromatic heterocycles. The Balaban J connectivity index is 2.28. The summed E-state index contributed by atoms with van der Waals surface area (Å²) in [5, 5.41) is 0. The van der Waals surface area contributed by atoms with Gasteiger partial charge in [0.1, 0.15) is 6.33 Å². The third-order valence-corrected chi connectivity index (χ3v) is 2.82. The predicted molar refractivity (Wildman–Crippen MR) is 63.9 cm³/mol. The molecule has 0 bridgehead atoms. The summed E-state index contributed by atoms with van der Waals surface area (Å²) < 4.78 is 40.3. The van der Waals surface area contributed by atoms with Crippen molar-refractivity contribution in [3.63, 3.8) is 0 Å². The fraction of sp³-hybridized carbons (Fsp3) is 0.0769. The maximum atomic E-state index is 13.0.